The summed E-state index contributed by atoms with van der Waals surface area (Å²) in [6.07, 6.45) is 11.2. The van der Waals surface area contributed by atoms with Gasteiger partial charge in [-0.3, -0.25) is 9.59 Å². The summed E-state index contributed by atoms with van der Waals surface area (Å²) in [5.74, 6) is 2.93. The maximum atomic E-state index is 12.2. The summed E-state index contributed by atoms with van der Waals surface area (Å²) in [7, 11) is 0. The molecule has 0 aliphatic heterocycles. The first kappa shape index (κ1) is 16.3. The van der Waals surface area contributed by atoms with Gasteiger partial charge in [-0.2, -0.15) is 0 Å². The van der Waals surface area contributed by atoms with Gasteiger partial charge in [0.25, 0.3) is 0 Å². The van der Waals surface area contributed by atoms with Crippen LogP contribution < -0.4 is 0 Å². The topological polar surface area (TPSA) is 34.1 Å². The highest BCUT2D eigenvalue weighted by Crippen LogP contribution is 2.66. The van der Waals surface area contributed by atoms with Crippen molar-refractivity contribution in [2.45, 2.75) is 66.2 Å². The summed E-state index contributed by atoms with van der Waals surface area (Å²) in [6, 6.07) is 0. The predicted octanol–water partition coefficient (Wildman–Crippen LogP) is 4.89. The van der Waals surface area contributed by atoms with E-state index in [0.717, 1.165) is 18.4 Å². The van der Waals surface area contributed by atoms with Gasteiger partial charge in [0.15, 0.2) is 5.78 Å². The number of allylic oxidation sites excluding steroid dienone is 4. The molecule has 0 heterocycles. The molecule has 4 rings (SSSR count). The second kappa shape index (κ2) is 5.16. The Morgan fingerprint density at radius 2 is 1.88 bits per heavy atom. The number of rotatable bonds is 1. The lowest BCUT2D eigenvalue weighted by Crippen LogP contribution is -2.50. The van der Waals surface area contributed by atoms with E-state index >= 15 is 0 Å². The first-order valence-electron chi connectivity index (χ1n) is 9.72. The van der Waals surface area contributed by atoms with Crippen molar-refractivity contribution >= 4 is 11.6 Å². The minimum Gasteiger partial charge on any atom is -0.300 e. The largest absolute Gasteiger partial charge is 0.300 e. The number of hydrogen-bond donors (Lipinski definition) is 0. The molecular formula is C22H30O2. The van der Waals surface area contributed by atoms with Crippen LogP contribution in [0.25, 0.3) is 0 Å². The molecule has 3 fully saturated rings. The molecule has 3 saturated carbocycles. The molecule has 0 aromatic rings. The van der Waals surface area contributed by atoms with Gasteiger partial charge in [-0.15, -0.1) is 0 Å². The Hall–Kier alpha value is -1.18. The molecule has 0 radical (unpaired) electrons. The molecule has 0 saturated heterocycles. The van der Waals surface area contributed by atoms with E-state index in [2.05, 4.69) is 19.9 Å². The van der Waals surface area contributed by atoms with Crippen LogP contribution in [0.1, 0.15) is 66.2 Å². The molecule has 0 spiro atoms. The van der Waals surface area contributed by atoms with Gasteiger partial charge in [0.1, 0.15) is 5.78 Å². The molecule has 4 aliphatic rings. The van der Waals surface area contributed by atoms with Gasteiger partial charge in [-0.25, -0.2) is 0 Å². The fourth-order valence-corrected chi connectivity index (χ4v) is 7.15. The molecule has 0 unspecified atom stereocenters. The van der Waals surface area contributed by atoms with Gasteiger partial charge >= 0.3 is 0 Å². The Bertz CT molecular complexity index is 669. The molecule has 4 aliphatic carbocycles. The Morgan fingerprint density at radius 3 is 2.58 bits per heavy atom. The second-order valence-corrected chi connectivity index (χ2v) is 9.34. The first-order chi connectivity index (χ1) is 11.3. The smallest absolute Gasteiger partial charge is 0.181 e. The highest BCUT2D eigenvalue weighted by Gasteiger charge is 2.59. The zero-order valence-electron chi connectivity index (χ0n) is 15.5. The van der Waals surface area contributed by atoms with Crippen LogP contribution in [0.15, 0.2) is 23.3 Å². The number of fused-ring (bicyclic) bond motifs is 5. The zero-order valence-corrected chi connectivity index (χ0v) is 15.5. The van der Waals surface area contributed by atoms with E-state index in [9.17, 15) is 9.59 Å². The van der Waals surface area contributed by atoms with E-state index in [1.807, 2.05) is 13.0 Å². The molecule has 2 heteroatoms. The molecule has 0 amide bonds. The number of carbonyl (C=O) groups is 2. The van der Waals surface area contributed by atoms with Crippen molar-refractivity contribution in [1.82, 2.24) is 0 Å². The normalized spacial score (nSPS) is 47.2. The lowest BCUT2D eigenvalue weighted by molar-refractivity contribution is -0.127. The Labute approximate surface area is 145 Å². The number of carbonyl (C=O) groups excluding carboxylic acids is 2. The van der Waals surface area contributed by atoms with Gasteiger partial charge in [0.05, 0.1) is 0 Å². The molecule has 6 atom stereocenters. The van der Waals surface area contributed by atoms with Gasteiger partial charge in [0, 0.05) is 11.3 Å². The van der Waals surface area contributed by atoms with Crippen LogP contribution in [-0.4, -0.2) is 11.6 Å². The quantitative estimate of drug-likeness (QED) is 0.687. The third kappa shape index (κ3) is 2.01. The average Bonchev–Trinajstić information content (AvgIpc) is 2.86. The van der Waals surface area contributed by atoms with E-state index < -0.39 is 0 Å². The number of Topliss-reactive ketones (excluding diaryl/α,β-unsaturated/α-hetero) is 1. The Kier molecular flexibility index (Phi) is 3.50. The fraction of sp³-hybridized carbons (Fsp3) is 0.727. The van der Waals surface area contributed by atoms with Crippen molar-refractivity contribution < 1.29 is 9.59 Å². The van der Waals surface area contributed by atoms with E-state index in [1.54, 1.807) is 6.92 Å². The monoisotopic (exact) mass is 326 g/mol. The summed E-state index contributed by atoms with van der Waals surface area (Å²) >= 11 is 0. The van der Waals surface area contributed by atoms with Crippen molar-refractivity contribution in [1.29, 1.82) is 0 Å². The van der Waals surface area contributed by atoms with Crippen LogP contribution in [0, 0.1) is 34.5 Å². The Balaban J connectivity index is 1.70. The molecule has 2 nitrogen and oxygen atoms in total. The van der Waals surface area contributed by atoms with Crippen LogP contribution in [0.4, 0.5) is 0 Å². The summed E-state index contributed by atoms with van der Waals surface area (Å²) in [6.45, 7) is 8.53. The third-order valence-electron chi connectivity index (χ3n) is 8.35. The van der Waals surface area contributed by atoms with Crippen LogP contribution in [0.3, 0.4) is 0 Å². The third-order valence-corrected chi connectivity index (χ3v) is 8.35. The summed E-state index contributed by atoms with van der Waals surface area (Å²) in [4.78, 5) is 24.3. The predicted molar refractivity (Wildman–Crippen MR) is 95.4 cm³/mol. The Morgan fingerprint density at radius 1 is 1.12 bits per heavy atom. The van der Waals surface area contributed by atoms with Gasteiger partial charge in [-0.1, -0.05) is 25.5 Å². The van der Waals surface area contributed by atoms with Crippen molar-refractivity contribution in [3.63, 3.8) is 0 Å². The SMILES string of the molecule is CC(=O)[C@H]1CC[C@H]2[C@@H]3CCC4=CC(=O)C(C)=C[C@]4(C)[C@H]3CC[C@]12C. The van der Waals surface area contributed by atoms with Crippen LogP contribution >= 0.6 is 0 Å². The molecular weight excluding hydrogens is 296 g/mol. The van der Waals surface area contributed by atoms with Crippen molar-refractivity contribution in [2.24, 2.45) is 34.5 Å². The van der Waals surface area contributed by atoms with E-state index in [0.29, 0.717) is 23.5 Å². The number of ketones is 2. The van der Waals surface area contributed by atoms with Gasteiger partial charge < -0.3 is 0 Å². The lowest BCUT2D eigenvalue weighted by Gasteiger charge is -2.57. The summed E-state index contributed by atoms with van der Waals surface area (Å²) in [5, 5.41) is 0. The molecule has 24 heavy (non-hydrogen) atoms. The minimum atomic E-state index is 0.0660. The van der Waals surface area contributed by atoms with E-state index in [1.165, 1.54) is 31.3 Å². The van der Waals surface area contributed by atoms with Gasteiger partial charge in [-0.05, 0) is 87.2 Å². The van der Waals surface area contributed by atoms with E-state index in [-0.39, 0.29) is 22.5 Å². The number of hydrogen-bond acceptors (Lipinski definition) is 2. The minimum absolute atomic E-state index is 0.0660. The molecule has 0 aromatic carbocycles. The molecule has 0 N–H and O–H groups in total. The highest BCUT2D eigenvalue weighted by molar-refractivity contribution is 6.05. The standard InChI is InChI=1S/C22H30O2/c1-13-12-22(4)15(11-20(13)24)5-6-16-18-8-7-17(14(2)23)21(18,3)10-9-19(16)22/h11-12,16-19H,5-10H2,1-4H3/t16-,17+,18-,19-,21+,22-/m0/s1. The molecule has 0 bridgehead atoms. The molecule has 130 valence electrons. The van der Waals surface area contributed by atoms with Gasteiger partial charge in [0.2, 0.25) is 0 Å². The van der Waals surface area contributed by atoms with Crippen molar-refractivity contribution in [3.8, 4) is 0 Å². The van der Waals surface area contributed by atoms with Crippen molar-refractivity contribution in [2.75, 3.05) is 0 Å². The average molecular weight is 326 g/mol. The van der Waals surface area contributed by atoms with Crippen molar-refractivity contribution in [3.05, 3.63) is 23.3 Å². The zero-order chi connectivity index (χ0) is 17.3. The molecule has 0 aromatic heterocycles. The summed E-state index contributed by atoms with van der Waals surface area (Å²) in [5.41, 5.74) is 2.57. The van der Waals surface area contributed by atoms with E-state index in [4.69, 9.17) is 0 Å². The fourth-order valence-electron chi connectivity index (χ4n) is 7.15. The first-order valence-corrected chi connectivity index (χ1v) is 9.72. The second-order valence-electron chi connectivity index (χ2n) is 9.34. The maximum absolute atomic E-state index is 12.2. The summed E-state index contributed by atoms with van der Waals surface area (Å²) < 4.78 is 0. The van der Waals surface area contributed by atoms with Crippen LogP contribution in [0.5, 0.6) is 0 Å². The highest BCUT2D eigenvalue weighted by atomic mass is 16.1. The lowest BCUT2D eigenvalue weighted by atomic mass is 9.47. The maximum Gasteiger partial charge on any atom is 0.181 e. The van der Waals surface area contributed by atoms with Crippen LogP contribution in [0.2, 0.25) is 0 Å². The van der Waals surface area contributed by atoms with Crippen LogP contribution in [-0.2, 0) is 9.59 Å².